The van der Waals surface area contributed by atoms with Crippen LogP contribution in [0.15, 0.2) is 12.1 Å². The summed E-state index contributed by atoms with van der Waals surface area (Å²) in [7, 11) is 0. The van der Waals surface area contributed by atoms with E-state index >= 15 is 0 Å². The van der Waals surface area contributed by atoms with Crippen LogP contribution in [0.4, 0.5) is 10.1 Å². The molecule has 0 spiro atoms. The number of hydrogen-bond acceptors (Lipinski definition) is 3. The summed E-state index contributed by atoms with van der Waals surface area (Å²) in [6.45, 7) is 6.45. The summed E-state index contributed by atoms with van der Waals surface area (Å²) in [5.41, 5.74) is 1.80. The second-order valence-electron chi connectivity index (χ2n) is 5.61. The molecule has 23 heavy (non-hydrogen) atoms. The normalized spacial score (nSPS) is 13.3. The summed E-state index contributed by atoms with van der Waals surface area (Å²) in [6, 6.07) is 3.42. The maximum atomic E-state index is 14.4. The SMILES string of the molecule is CCN(CC)C(=O)CCC(=O)Nc1ccc2c(c1F)CCNC2. The standard InChI is InChI=1S/C17H24FN3O2/c1-3-21(4-2)16(23)8-7-15(22)20-14-6-5-12-11-19-10-9-13(12)17(14)18/h5-6,19H,3-4,7-11H2,1-2H3,(H,20,22). The van der Waals surface area contributed by atoms with E-state index < -0.39 is 0 Å². The monoisotopic (exact) mass is 321 g/mol. The van der Waals surface area contributed by atoms with Gasteiger partial charge in [-0.05, 0) is 44.0 Å². The average molecular weight is 321 g/mol. The summed E-state index contributed by atoms with van der Waals surface area (Å²) in [4.78, 5) is 25.5. The lowest BCUT2D eigenvalue weighted by atomic mass is 9.99. The molecule has 0 unspecified atom stereocenters. The van der Waals surface area contributed by atoms with Crippen molar-refractivity contribution >= 4 is 17.5 Å². The van der Waals surface area contributed by atoms with Gasteiger partial charge in [-0.3, -0.25) is 9.59 Å². The molecular formula is C17H24FN3O2. The number of hydrogen-bond donors (Lipinski definition) is 2. The Bertz CT molecular complexity index is 585. The predicted molar refractivity (Wildman–Crippen MR) is 87.6 cm³/mol. The van der Waals surface area contributed by atoms with Crippen molar-refractivity contribution in [1.29, 1.82) is 0 Å². The number of carbonyl (C=O) groups is 2. The Morgan fingerprint density at radius 2 is 2.00 bits per heavy atom. The van der Waals surface area contributed by atoms with Crippen molar-refractivity contribution in [2.75, 3.05) is 25.0 Å². The Labute approximate surface area is 136 Å². The summed E-state index contributed by atoms with van der Waals surface area (Å²) in [5, 5.41) is 5.77. The van der Waals surface area contributed by atoms with Crippen LogP contribution in [0.1, 0.15) is 37.8 Å². The predicted octanol–water partition coefficient (Wildman–Crippen LogP) is 2.06. The van der Waals surface area contributed by atoms with E-state index in [2.05, 4.69) is 10.6 Å². The fourth-order valence-corrected chi connectivity index (χ4v) is 2.80. The number of rotatable bonds is 6. The van der Waals surface area contributed by atoms with Crippen molar-refractivity contribution in [2.45, 2.75) is 39.7 Å². The van der Waals surface area contributed by atoms with Crippen LogP contribution >= 0.6 is 0 Å². The Kier molecular flexibility index (Phi) is 6.10. The van der Waals surface area contributed by atoms with E-state index in [0.717, 1.165) is 12.1 Å². The molecule has 0 bridgehead atoms. The quantitative estimate of drug-likeness (QED) is 0.843. The molecule has 2 amide bonds. The van der Waals surface area contributed by atoms with E-state index in [1.807, 2.05) is 19.9 Å². The van der Waals surface area contributed by atoms with E-state index in [-0.39, 0.29) is 36.2 Å². The minimum atomic E-state index is -0.354. The Morgan fingerprint density at radius 1 is 1.26 bits per heavy atom. The fourth-order valence-electron chi connectivity index (χ4n) is 2.80. The third-order valence-electron chi connectivity index (χ3n) is 4.16. The summed E-state index contributed by atoms with van der Waals surface area (Å²) < 4.78 is 14.4. The zero-order chi connectivity index (χ0) is 16.8. The number of nitrogens with zero attached hydrogens (tertiary/aromatic N) is 1. The molecule has 2 N–H and O–H groups in total. The highest BCUT2D eigenvalue weighted by Crippen LogP contribution is 2.24. The van der Waals surface area contributed by atoms with E-state index in [1.165, 1.54) is 0 Å². The number of benzene rings is 1. The Balaban J connectivity index is 1.94. The first-order valence-electron chi connectivity index (χ1n) is 8.15. The molecule has 126 valence electrons. The van der Waals surface area contributed by atoms with Crippen LogP contribution < -0.4 is 10.6 Å². The zero-order valence-corrected chi connectivity index (χ0v) is 13.7. The van der Waals surface area contributed by atoms with Gasteiger partial charge in [0.25, 0.3) is 0 Å². The third-order valence-corrected chi connectivity index (χ3v) is 4.16. The van der Waals surface area contributed by atoms with Crippen molar-refractivity contribution < 1.29 is 14.0 Å². The first-order valence-corrected chi connectivity index (χ1v) is 8.15. The molecule has 1 aromatic carbocycles. The number of nitrogens with one attached hydrogen (secondary N) is 2. The third kappa shape index (κ3) is 4.28. The van der Waals surface area contributed by atoms with Gasteiger partial charge in [0.1, 0.15) is 5.82 Å². The van der Waals surface area contributed by atoms with Crippen LogP contribution in [-0.2, 0) is 22.6 Å². The number of amides is 2. The smallest absolute Gasteiger partial charge is 0.224 e. The van der Waals surface area contributed by atoms with Crippen LogP contribution in [0.2, 0.25) is 0 Å². The van der Waals surface area contributed by atoms with E-state index in [1.54, 1.807) is 11.0 Å². The molecule has 0 saturated carbocycles. The topological polar surface area (TPSA) is 61.4 Å². The molecule has 0 fully saturated rings. The van der Waals surface area contributed by atoms with Crippen LogP contribution in [0.25, 0.3) is 0 Å². The van der Waals surface area contributed by atoms with Gasteiger partial charge in [-0.1, -0.05) is 6.07 Å². The molecule has 1 aliphatic heterocycles. The van der Waals surface area contributed by atoms with Gasteiger partial charge in [-0.25, -0.2) is 4.39 Å². The molecule has 0 atom stereocenters. The lowest BCUT2D eigenvalue weighted by molar-refractivity contribution is -0.132. The highest BCUT2D eigenvalue weighted by Gasteiger charge is 2.18. The van der Waals surface area contributed by atoms with Crippen LogP contribution in [-0.4, -0.2) is 36.3 Å². The van der Waals surface area contributed by atoms with Crippen molar-refractivity contribution in [2.24, 2.45) is 0 Å². The maximum absolute atomic E-state index is 14.4. The second-order valence-corrected chi connectivity index (χ2v) is 5.61. The molecule has 2 rings (SSSR count). The molecule has 1 heterocycles. The minimum absolute atomic E-state index is 0.0536. The maximum Gasteiger partial charge on any atom is 0.224 e. The van der Waals surface area contributed by atoms with Crippen LogP contribution in [0.5, 0.6) is 0 Å². The van der Waals surface area contributed by atoms with Crippen molar-refractivity contribution in [3.8, 4) is 0 Å². The molecule has 1 aromatic rings. The Hall–Kier alpha value is -1.95. The molecule has 1 aliphatic rings. The van der Waals surface area contributed by atoms with Gasteiger partial charge in [0.15, 0.2) is 0 Å². The highest BCUT2D eigenvalue weighted by atomic mass is 19.1. The summed E-state index contributed by atoms with van der Waals surface area (Å²) in [6.07, 6.45) is 0.822. The van der Waals surface area contributed by atoms with Crippen molar-refractivity contribution in [3.05, 3.63) is 29.1 Å². The lowest BCUT2D eigenvalue weighted by Crippen LogP contribution is -2.31. The van der Waals surface area contributed by atoms with Gasteiger partial charge >= 0.3 is 0 Å². The van der Waals surface area contributed by atoms with Gasteiger partial charge in [-0.15, -0.1) is 0 Å². The highest BCUT2D eigenvalue weighted by molar-refractivity contribution is 5.93. The van der Waals surface area contributed by atoms with E-state index in [4.69, 9.17) is 0 Å². The number of anilines is 1. The molecular weight excluding hydrogens is 297 g/mol. The number of carbonyl (C=O) groups excluding carboxylic acids is 2. The largest absolute Gasteiger partial charge is 0.343 e. The van der Waals surface area contributed by atoms with Gasteiger partial charge in [0, 0.05) is 32.5 Å². The number of fused-ring (bicyclic) bond motifs is 1. The second kappa shape index (κ2) is 8.06. The Morgan fingerprint density at radius 3 is 2.70 bits per heavy atom. The average Bonchev–Trinajstić information content (AvgIpc) is 2.57. The lowest BCUT2D eigenvalue weighted by Gasteiger charge is -2.20. The van der Waals surface area contributed by atoms with E-state index in [9.17, 15) is 14.0 Å². The fraction of sp³-hybridized carbons (Fsp3) is 0.529. The minimum Gasteiger partial charge on any atom is -0.343 e. The van der Waals surface area contributed by atoms with Gasteiger partial charge in [0.05, 0.1) is 5.69 Å². The molecule has 0 radical (unpaired) electrons. The van der Waals surface area contributed by atoms with Crippen LogP contribution in [0.3, 0.4) is 0 Å². The van der Waals surface area contributed by atoms with Crippen molar-refractivity contribution in [3.63, 3.8) is 0 Å². The molecule has 0 aliphatic carbocycles. The molecule has 0 aromatic heterocycles. The molecule has 5 nitrogen and oxygen atoms in total. The first-order chi connectivity index (χ1) is 11.1. The number of halogens is 1. The zero-order valence-electron chi connectivity index (χ0n) is 13.7. The van der Waals surface area contributed by atoms with Gasteiger partial charge in [-0.2, -0.15) is 0 Å². The summed E-state index contributed by atoms with van der Waals surface area (Å²) >= 11 is 0. The summed E-state index contributed by atoms with van der Waals surface area (Å²) in [5.74, 6) is -0.743. The van der Waals surface area contributed by atoms with E-state index in [0.29, 0.717) is 31.6 Å². The molecule has 6 heteroatoms. The first kappa shape index (κ1) is 17.4. The van der Waals surface area contributed by atoms with Gasteiger partial charge < -0.3 is 15.5 Å². The van der Waals surface area contributed by atoms with Gasteiger partial charge in [0.2, 0.25) is 11.8 Å². The van der Waals surface area contributed by atoms with Crippen molar-refractivity contribution in [1.82, 2.24) is 10.2 Å². The van der Waals surface area contributed by atoms with Crippen LogP contribution in [0, 0.1) is 5.82 Å². The molecule has 0 saturated heterocycles.